The zero-order valence-corrected chi connectivity index (χ0v) is 17.7. The van der Waals surface area contributed by atoms with Gasteiger partial charge >= 0.3 is 0 Å². The molecular formula is C22H32N6O. The Morgan fingerprint density at radius 2 is 1.97 bits per heavy atom. The standard InChI is InChI=1S/C22H32N6O/c1-17-15-19(22-23-9-14-26(22)2)25-21(24-17)18-7-6-12-28(16-18)20(29)8-13-27-10-4-3-5-11-27/h9,14-15,18H,3-8,10-13,16H2,1-2H3. The van der Waals surface area contributed by atoms with Gasteiger partial charge in [-0.25, -0.2) is 15.0 Å². The summed E-state index contributed by atoms with van der Waals surface area (Å²) in [6, 6.07) is 1.98. The molecule has 0 radical (unpaired) electrons. The van der Waals surface area contributed by atoms with E-state index in [-0.39, 0.29) is 11.8 Å². The van der Waals surface area contributed by atoms with Crippen molar-refractivity contribution in [3.05, 3.63) is 30.0 Å². The Hall–Kier alpha value is -2.28. The van der Waals surface area contributed by atoms with Crippen LogP contribution in [0.5, 0.6) is 0 Å². The zero-order chi connectivity index (χ0) is 20.2. The fraction of sp³-hybridized carbons (Fsp3) is 0.636. The number of carbonyl (C=O) groups is 1. The summed E-state index contributed by atoms with van der Waals surface area (Å²) in [4.78, 5) is 31.3. The molecule has 2 aromatic heterocycles. The van der Waals surface area contributed by atoms with Crippen molar-refractivity contribution in [3.63, 3.8) is 0 Å². The second kappa shape index (κ2) is 9.03. The van der Waals surface area contributed by atoms with Gasteiger partial charge in [0.25, 0.3) is 0 Å². The predicted molar refractivity (Wildman–Crippen MR) is 112 cm³/mol. The lowest BCUT2D eigenvalue weighted by atomic mass is 9.96. The summed E-state index contributed by atoms with van der Waals surface area (Å²) in [6.07, 6.45) is 10.2. The van der Waals surface area contributed by atoms with Crippen LogP contribution in [-0.2, 0) is 11.8 Å². The molecular weight excluding hydrogens is 364 g/mol. The number of piperidine rings is 2. The van der Waals surface area contributed by atoms with Crippen LogP contribution in [0.25, 0.3) is 11.5 Å². The monoisotopic (exact) mass is 396 g/mol. The van der Waals surface area contributed by atoms with E-state index in [2.05, 4.69) is 9.88 Å². The van der Waals surface area contributed by atoms with Crippen molar-refractivity contribution in [2.45, 2.75) is 51.4 Å². The van der Waals surface area contributed by atoms with E-state index in [9.17, 15) is 4.79 Å². The van der Waals surface area contributed by atoms with E-state index in [1.54, 1.807) is 6.20 Å². The molecule has 4 rings (SSSR count). The molecule has 7 nitrogen and oxygen atoms in total. The van der Waals surface area contributed by atoms with E-state index >= 15 is 0 Å². The Kier molecular flexibility index (Phi) is 6.23. The lowest BCUT2D eigenvalue weighted by Crippen LogP contribution is -2.41. The SMILES string of the molecule is Cc1cc(-c2nccn2C)nc(C2CCCN(C(=O)CCN3CCCCC3)C2)n1. The highest BCUT2D eigenvalue weighted by molar-refractivity contribution is 5.76. The van der Waals surface area contributed by atoms with Gasteiger partial charge in [0, 0.05) is 57.1 Å². The van der Waals surface area contributed by atoms with Gasteiger partial charge in [0.15, 0.2) is 5.82 Å². The average molecular weight is 397 g/mol. The topological polar surface area (TPSA) is 67.2 Å². The van der Waals surface area contributed by atoms with Gasteiger partial charge in [0.1, 0.15) is 11.5 Å². The van der Waals surface area contributed by atoms with Crippen molar-refractivity contribution in [2.75, 3.05) is 32.7 Å². The number of hydrogen-bond donors (Lipinski definition) is 0. The maximum absolute atomic E-state index is 12.8. The van der Waals surface area contributed by atoms with E-state index in [1.165, 1.54) is 19.3 Å². The number of aromatic nitrogens is 4. The number of likely N-dealkylation sites (tertiary alicyclic amines) is 2. The number of carbonyl (C=O) groups excluding carboxylic acids is 1. The molecule has 2 aromatic rings. The van der Waals surface area contributed by atoms with E-state index in [1.807, 2.05) is 35.7 Å². The Balaban J connectivity index is 1.42. The third kappa shape index (κ3) is 4.83. The molecule has 7 heteroatoms. The number of nitrogens with zero attached hydrogens (tertiary/aromatic N) is 6. The molecule has 4 heterocycles. The molecule has 1 atom stereocenters. The van der Waals surface area contributed by atoms with Gasteiger partial charge in [-0.3, -0.25) is 4.79 Å². The summed E-state index contributed by atoms with van der Waals surface area (Å²) in [7, 11) is 1.97. The van der Waals surface area contributed by atoms with Crippen LogP contribution in [0.2, 0.25) is 0 Å². The highest BCUT2D eigenvalue weighted by atomic mass is 16.2. The Morgan fingerprint density at radius 3 is 2.72 bits per heavy atom. The van der Waals surface area contributed by atoms with Crippen molar-refractivity contribution >= 4 is 5.91 Å². The third-order valence-corrected chi connectivity index (χ3v) is 6.15. The normalized spacial score (nSPS) is 20.8. The fourth-order valence-electron chi connectivity index (χ4n) is 4.51. The molecule has 0 bridgehead atoms. The van der Waals surface area contributed by atoms with Crippen LogP contribution in [0.15, 0.2) is 18.5 Å². The molecule has 2 fully saturated rings. The first-order valence-corrected chi connectivity index (χ1v) is 10.9. The van der Waals surface area contributed by atoms with E-state index < -0.39 is 0 Å². The fourth-order valence-corrected chi connectivity index (χ4v) is 4.51. The van der Waals surface area contributed by atoms with Crippen molar-refractivity contribution in [3.8, 4) is 11.5 Å². The van der Waals surface area contributed by atoms with Gasteiger partial charge in [0.2, 0.25) is 5.91 Å². The molecule has 2 aliphatic rings. The van der Waals surface area contributed by atoms with Crippen LogP contribution in [-0.4, -0.2) is 67.9 Å². The summed E-state index contributed by atoms with van der Waals surface area (Å²) >= 11 is 0. The van der Waals surface area contributed by atoms with Crippen LogP contribution < -0.4 is 0 Å². The smallest absolute Gasteiger partial charge is 0.223 e. The Bertz CT molecular complexity index is 842. The summed E-state index contributed by atoms with van der Waals surface area (Å²) in [5.74, 6) is 2.16. The van der Waals surface area contributed by atoms with Crippen molar-refractivity contribution in [1.82, 2.24) is 29.3 Å². The number of amides is 1. The van der Waals surface area contributed by atoms with Crippen molar-refractivity contribution in [2.24, 2.45) is 7.05 Å². The molecule has 0 spiro atoms. The first-order chi connectivity index (χ1) is 14.1. The number of aryl methyl sites for hydroxylation is 2. The van der Waals surface area contributed by atoms with E-state index in [0.29, 0.717) is 6.42 Å². The maximum Gasteiger partial charge on any atom is 0.223 e. The summed E-state index contributed by atoms with van der Waals surface area (Å²) < 4.78 is 1.98. The Morgan fingerprint density at radius 1 is 1.14 bits per heavy atom. The van der Waals surface area contributed by atoms with Crippen LogP contribution >= 0.6 is 0 Å². The largest absolute Gasteiger partial charge is 0.342 e. The number of rotatable bonds is 5. The highest BCUT2D eigenvalue weighted by Crippen LogP contribution is 2.27. The lowest BCUT2D eigenvalue weighted by molar-refractivity contribution is -0.132. The summed E-state index contributed by atoms with van der Waals surface area (Å²) in [6.45, 7) is 6.76. The minimum Gasteiger partial charge on any atom is -0.342 e. The van der Waals surface area contributed by atoms with Crippen LogP contribution in [0.4, 0.5) is 0 Å². The second-order valence-corrected chi connectivity index (χ2v) is 8.45. The van der Waals surface area contributed by atoms with Gasteiger partial charge < -0.3 is 14.4 Å². The number of imidazole rings is 1. The quantitative estimate of drug-likeness (QED) is 0.777. The molecule has 0 aliphatic carbocycles. The molecule has 0 aromatic carbocycles. The molecule has 1 amide bonds. The molecule has 156 valence electrons. The minimum atomic E-state index is 0.196. The lowest BCUT2D eigenvalue weighted by Gasteiger charge is -2.33. The first-order valence-electron chi connectivity index (χ1n) is 10.9. The second-order valence-electron chi connectivity index (χ2n) is 8.45. The van der Waals surface area contributed by atoms with E-state index in [4.69, 9.17) is 9.97 Å². The molecule has 1 unspecified atom stereocenters. The maximum atomic E-state index is 12.8. The Labute approximate surface area is 173 Å². The van der Waals surface area contributed by atoms with Crippen LogP contribution in [0.1, 0.15) is 56.0 Å². The minimum absolute atomic E-state index is 0.196. The van der Waals surface area contributed by atoms with Crippen molar-refractivity contribution in [1.29, 1.82) is 0 Å². The predicted octanol–water partition coefficient (Wildman–Crippen LogP) is 2.77. The van der Waals surface area contributed by atoms with Gasteiger partial charge in [0.05, 0.1) is 0 Å². The molecule has 2 aliphatic heterocycles. The first kappa shape index (κ1) is 20.0. The van der Waals surface area contributed by atoms with E-state index in [0.717, 1.165) is 68.6 Å². The summed E-state index contributed by atoms with van der Waals surface area (Å²) in [5.41, 5.74) is 1.80. The molecule has 29 heavy (non-hydrogen) atoms. The van der Waals surface area contributed by atoms with Gasteiger partial charge in [-0.05, 0) is 51.8 Å². The highest BCUT2D eigenvalue weighted by Gasteiger charge is 2.27. The third-order valence-electron chi connectivity index (χ3n) is 6.15. The van der Waals surface area contributed by atoms with Gasteiger partial charge in [-0.1, -0.05) is 6.42 Å². The molecule has 2 saturated heterocycles. The average Bonchev–Trinajstić information content (AvgIpc) is 3.18. The molecule has 0 saturated carbocycles. The van der Waals surface area contributed by atoms with Crippen molar-refractivity contribution < 1.29 is 4.79 Å². The van der Waals surface area contributed by atoms with Gasteiger partial charge in [-0.2, -0.15) is 0 Å². The molecule has 0 N–H and O–H groups in total. The van der Waals surface area contributed by atoms with Crippen LogP contribution in [0, 0.1) is 6.92 Å². The number of hydrogen-bond acceptors (Lipinski definition) is 5. The van der Waals surface area contributed by atoms with Crippen LogP contribution in [0.3, 0.4) is 0 Å². The zero-order valence-electron chi connectivity index (χ0n) is 17.7. The van der Waals surface area contributed by atoms with Gasteiger partial charge in [-0.15, -0.1) is 0 Å². The summed E-state index contributed by atoms with van der Waals surface area (Å²) in [5, 5.41) is 0.